The lowest BCUT2D eigenvalue weighted by Crippen LogP contribution is -2.35. The van der Waals surface area contributed by atoms with Crippen LogP contribution in [0.4, 0.5) is 0 Å². The highest BCUT2D eigenvalue weighted by molar-refractivity contribution is 5.86. The number of pyridine rings is 1. The fraction of sp³-hybridized carbons (Fsp3) is 0.526. The van der Waals surface area contributed by atoms with Crippen LogP contribution in [0.3, 0.4) is 0 Å². The van der Waals surface area contributed by atoms with Crippen LogP contribution < -0.4 is 14.9 Å². The van der Waals surface area contributed by atoms with Crippen LogP contribution in [-0.4, -0.2) is 37.2 Å². The van der Waals surface area contributed by atoms with Gasteiger partial charge in [0, 0.05) is 30.4 Å². The summed E-state index contributed by atoms with van der Waals surface area (Å²) in [5.74, 6) is 1.95. The topological polar surface area (TPSA) is 54.6 Å². The predicted molar refractivity (Wildman–Crippen MR) is 96.1 cm³/mol. The maximum atomic E-state index is 13.1. The van der Waals surface area contributed by atoms with E-state index in [-0.39, 0.29) is 5.43 Å². The Morgan fingerprint density at radius 3 is 2.75 bits per heavy atom. The van der Waals surface area contributed by atoms with E-state index < -0.39 is 0 Å². The molecule has 2 aromatic rings. The molecular formula is C19H26N2O3. The lowest BCUT2D eigenvalue weighted by molar-refractivity contribution is 0.176. The van der Waals surface area contributed by atoms with Gasteiger partial charge in [-0.1, -0.05) is 6.92 Å². The third-order valence-corrected chi connectivity index (χ3v) is 4.94. The number of aromatic amines is 1. The number of hydrogen-bond acceptors (Lipinski definition) is 4. The summed E-state index contributed by atoms with van der Waals surface area (Å²) in [6, 6.07) is 3.59. The van der Waals surface area contributed by atoms with Gasteiger partial charge in [0.2, 0.25) is 0 Å². The number of H-pyrrole nitrogens is 1. The number of aryl methyl sites for hydroxylation is 1. The summed E-state index contributed by atoms with van der Waals surface area (Å²) in [4.78, 5) is 18.8. The van der Waals surface area contributed by atoms with Crippen molar-refractivity contribution in [2.45, 2.75) is 33.2 Å². The summed E-state index contributed by atoms with van der Waals surface area (Å²) in [5, 5.41) is 0.622. The van der Waals surface area contributed by atoms with Gasteiger partial charge in [0.25, 0.3) is 0 Å². The van der Waals surface area contributed by atoms with Crippen molar-refractivity contribution in [2.75, 3.05) is 27.3 Å². The van der Waals surface area contributed by atoms with Gasteiger partial charge in [-0.25, -0.2) is 0 Å². The summed E-state index contributed by atoms with van der Waals surface area (Å²) in [6.07, 6.45) is 2.48. The minimum atomic E-state index is 0.0664. The van der Waals surface area contributed by atoms with Crippen molar-refractivity contribution in [1.82, 2.24) is 9.88 Å². The SMILES string of the molecule is COc1cc(OC)c2[nH]c(C)c(CN3CCC[C@H](C)C3)c(=O)c2c1. The van der Waals surface area contributed by atoms with E-state index in [1.807, 2.05) is 6.92 Å². The molecule has 5 nitrogen and oxygen atoms in total. The lowest BCUT2D eigenvalue weighted by Gasteiger charge is -2.31. The highest BCUT2D eigenvalue weighted by atomic mass is 16.5. The van der Waals surface area contributed by atoms with Crippen molar-refractivity contribution in [3.63, 3.8) is 0 Å². The molecule has 0 saturated carbocycles. The van der Waals surface area contributed by atoms with Crippen molar-refractivity contribution in [2.24, 2.45) is 5.92 Å². The minimum Gasteiger partial charge on any atom is -0.497 e. The van der Waals surface area contributed by atoms with E-state index in [4.69, 9.17) is 9.47 Å². The molecule has 0 aliphatic carbocycles. The number of nitrogens with zero attached hydrogens (tertiary/aromatic N) is 1. The highest BCUT2D eigenvalue weighted by Gasteiger charge is 2.20. The second-order valence-corrected chi connectivity index (χ2v) is 6.79. The average Bonchev–Trinajstić information content (AvgIpc) is 2.58. The molecule has 0 amide bonds. The number of piperidine rings is 1. The maximum absolute atomic E-state index is 13.1. The molecule has 5 heteroatoms. The summed E-state index contributed by atoms with van der Waals surface area (Å²) >= 11 is 0. The molecule has 2 heterocycles. The quantitative estimate of drug-likeness (QED) is 0.936. The van der Waals surface area contributed by atoms with Gasteiger partial charge in [-0.2, -0.15) is 0 Å². The van der Waals surface area contributed by atoms with Crippen LogP contribution >= 0.6 is 0 Å². The van der Waals surface area contributed by atoms with E-state index in [1.54, 1.807) is 26.4 Å². The Bertz CT molecular complexity index is 797. The van der Waals surface area contributed by atoms with Crippen LogP contribution in [0.15, 0.2) is 16.9 Å². The van der Waals surface area contributed by atoms with Gasteiger partial charge in [0.05, 0.1) is 25.1 Å². The molecule has 1 aliphatic heterocycles. The van der Waals surface area contributed by atoms with Gasteiger partial charge >= 0.3 is 0 Å². The molecule has 1 N–H and O–H groups in total. The van der Waals surface area contributed by atoms with E-state index in [2.05, 4.69) is 16.8 Å². The first kappa shape index (κ1) is 16.8. The number of fused-ring (bicyclic) bond motifs is 1. The van der Waals surface area contributed by atoms with Crippen molar-refractivity contribution < 1.29 is 9.47 Å². The molecule has 24 heavy (non-hydrogen) atoms. The molecule has 1 aromatic heterocycles. The number of benzene rings is 1. The van der Waals surface area contributed by atoms with Gasteiger partial charge in [0.15, 0.2) is 5.43 Å². The van der Waals surface area contributed by atoms with Crippen LogP contribution in [0.5, 0.6) is 11.5 Å². The summed E-state index contributed by atoms with van der Waals surface area (Å²) in [6.45, 7) is 7.05. The third-order valence-electron chi connectivity index (χ3n) is 4.94. The molecule has 3 rings (SSSR count). The molecule has 130 valence electrons. The largest absolute Gasteiger partial charge is 0.497 e. The molecule has 0 spiro atoms. The zero-order chi connectivity index (χ0) is 17.3. The Labute approximate surface area is 142 Å². The van der Waals surface area contributed by atoms with E-state index >= 15 is 0 Å². The number of aromatic nitrogens is 1. The molecule has 0 unspecified atom stereocenters. The van der Waals surface area contributed by atoms with Crippen LogP contribution in [0.25, 0.3) is 10.9 Å². The van der Waals surface area contributed by atoms with Crippen molar-refractivity contribution in [3.8, 4) is 11.5 Å². The number of ether oxygens (including phenoxy) is 2. The second kappa shape index (κ2) is 6.85. The minimum absolute atomic E-state index is 0.0664. The Balaban J connectivity index is 2.07. The van der Waals surface area contributed by atoms with Gasteiger partial charge in [-0.05, 0) is 38.3 Å². The number of hydrogen-bond donors (Lipinski definition) is 1. The first-order valence-electron chi connectivity index (χ1n) is 8.53. The van der Waals surface area contributed by atoms with Gasteiger partial charge in [-0.3, -0.25) is 9.69 Å². The highest BCUT2D eigenvalue weighted by Crippen LogP contribution is 2.29. The Hall–Kier alpha value is -2.01. The lowest BCUT2D eigenvalue weighted by atomic mass is 9.99. The predicted octanol–water partition coefficient (Wildman–Crippen LogP) is 3.09. The van der Waals surface area contributed by atoms with E-state index in [9.17, 15) is 4.79 Å². The molecule has 1 fully saturated rings. The molecule has 1 aliphatic rings. The summed E-state index contributed by atoms with van der Waals surface area (Å²) in [7, 11) is 3.20. The van der Waals surface area contributed by atoms with Gasteiger partial charge < -0.3 is 14.5 Å². The zero-order valence-corrected chi connectivity index (χ0v) is 14.9. The Morgan fingerprint density at radius 2 is 2.08 bits per heavy atom. The second-order valence-electron chi connectivity index (χ2n) is 6.79. The Kier molecular flexibility index (Phi) is 4.81. The van der Waals surface area contributed by atoms with E-state index in [0.717, 1.165) is 29.9 Å². The fourth-order valence-corrected chi connectivity index (χ4v) is 3.62. The van der Waals surface area contributed by atoms with Crippen LogP contribution in [0.2, 0.25) is 0 Å². The number of rotatable bonds is 4. The number of likely N-dealkylation sites (tertiary alicyclic amines) is 1. The fourth-order valence-electron chi connectivity index (χ4n) is 3.62. The molecule has 1 saturated heterocycles. The average molecular weight is 330 g/mol. The maximum Gasteiger partial charge on any atom is 0.194 e. The van der Waals surface area contributed by atoms with E-state index in [1.165, 1.54) is 12.8 Å². The standard InChI is InChI=1S/C19H26N2O3/c1-12-6-5-7-21(10-12)11-16-13(2)20-18-15(19(16)22)8-14(23-3)9-17(18)24-4/h8-9,12H,5-7,10-11H2,1-4H3,(H,20,22)/t12-/m0/s1. The summed E-state index contributed by atoms with van der Waals surface area (Å²) in [5.41, 5.74) is 2.55. The smallest absolute Gasteiger partial charge is 0.194 e. The first-order chi connectivity index (χ1) is 11.5. The zero-order valence-electron chi connectivity index (χ0n) is 14.9. The van der Waals surface area contributed by atoms with Gasteiger partial charge in [0.1, 0.15) is 11.5 Å². The van der Waals surface area contributed by atoms with E-state index in [0.29, 0.717) is 29.3 Å². The molecule has 0 radical (unpaired) electrons. The Morgan fingerprint density at radius 1 is 1.29 bits per heavy atom. The summed E-state index contributed by atoms with van der Waals surface area (Å²) < 4.78 is 10.7. The molecule has 1 aromatic carbocycles. The van der Waals surface area contributed by atoms with Crippen molar-refractivity contribution >= 4 is 10.9 Å². The van der Waals surface area contributed by atoms with Crippen LogP contribution in [0.1, 0.15) is 31.0 Å². The number of nitrogens with one attached hydrogen (secondary N) is 1. The van der Waals surface area contributed by atoms with Crippen LogP contribution in [-0.2, 0) is 6.54 Å². The monoisotopic (exact) mass is 330 g/mol. The number of methoxy groups -OCH3 is 2. The first-order valence-corrected chi connectivity index (χ1v) is 8.53. The molecule has 0 bridgehead atoms. The molecular weight excluding hydrogens is 304 g/mol. The third kappa shape index (κ3) is 3.13. The van der Waals surface area contributed by atoms with Crippen LogP contribution in [0, 0.1) is 12.8 Å². The molecule has 1 atom stereocenters. The van der Waals surface area contributed by atoms with Gasteiger partial charge in [-0.15, -0.1) is 0 Å². The van der Waals surface area contributed by atoms with Crippen molar-refractivity contribution in [1.29, 1.82) is 0 Å². The normalized spacial score (nSPS) is 18.8. The van der Waals surface area contributed by atoms with Crippen molar-refractivity contribution in [3.05, 3.63) is 33.6 Å².